The molecule has 0 spiro atoms. The summed E-state index contributed by atoms with van der Waals surface area (Å²) in [6, 6.07) is 1.13. The minimum absolute atomic E-state index is 0.158. The van der Waals surface area contributed by atoms with Crippen molar-refractivity contribution in [1.82, 2.24) is 4.72 Å². The van der Waals surface area contributed by atoms with Gasteiger partial charge in [0.05, 0.1) is 14.7 Å². The Labute approximate surface area is 141 Å². The minimum atomic E-state index is -3.59. The van der Waals surface area contributed by atoms with Gasteiger partial charge in [-0.15, -0.1) is 11.3 Å². The number of rotatable bonds is 8. The van der Waals surface area contributed by atoms with Crippen LogP contribution in [0.2, 0.25) is 5.02 Å². The Kier molecular flexibility index (Phi) is 7.12. The van der Waals surface area contributed by atoms with Gasteiger partial charge in [0.2, 0.25) is 10.0 Å². The van der Waals surface area contributed by atoms with Gasteiger partial charge in [0, 0.05) is 6.04 Å². The zero-order valence-corrected chi connectivity index (χ0v) is 15.6. The number of aliphatic carboxylic acids is 1. The zero-order valence-electron chi connectivity index (χ0n) is 11.6. The highest BCUT2D eigenvalue weighted by Crippen LogP contribution is 2.34. The quantitative estimate of drug-likeness (QED) is 0.674. The van der Waals surface area contributed by atoms with E-state index in [9.17, 15) is 13.2 Å². The highest BCUT2D eigenvalue weighted by Gasteiger charge is 2.21. The number of hydrogen-bond donors (Lipinski definition) is 2. The molecule has 1 rings (SSSR count). The number of hydrogen-bond acceptors (Lipinski definition) is 4. The molecule has 2 atom stereocenters. The van der Waals surface area contributed by atoms with Gasteiger partial charge in [-0.3, -0.25) is 4.79 Å². The van der Waals surface area contributed by atoms with Crippen LogP contribution in [0.5, 0.6) is 0 Å². The molecule has 0 aliphatic rings. The lowest BCUT2D eigenvalue weighted by molar-refractivity contribution is -0.141. The highest BCUT2D eigenvalue weighted by atomic mass is 79.9. The third-order valence-electron chi connectivity index (χ3n) is 2.94. The van der Waals surface area contributed by atoms with Crippen molar-refractivity contribution in [2.24, 2.45) is 5.92 Å². The smallest absolute Gasteiger partial charge is 0.306 e. The van der Waals surface area contributed by atoms with Crippen molar-refractivity contribution in [2.75, 3.05) is 0 Å². The average molecular weight is 419 g/mol. The molecule has 0 amide bonds. The summed E-state index contributed by atoms with van der Waals surface area (Å²) in [5.41, 5.74) is 0. The molecular formula is C12H17BrClNO4S2. The molecule has 0 radical (unpaired) electrons. The van der Waals surface area contributed by atoms with Crippen molar-refractivity contribution in [2.45, 2.75) is 43.4 Å². The SMILES string of the molecule is CC(CCCC(C)C(=O)O)NS(=O)(=O)c1cc(Cl)c(Br)s1. The summed E-state index contributed by atoms with van der Waals surface area (Å²) in [5, 5.41) is 9.15. The zero-order chi connectivity index (χ0) is 16.2. The summed E-state index contributed by atoms with van der Waals surface area (Å²) in [6.45, 7) is 3.40. The van der Waals surface area contributed by atoms with E-state index >= 15 is 0 Å². The molecule has 1 aromatic heterocycles. The van der Waals surface area contributed by atoms with Gasteiger partial charge in [0.1, 0.15) is 4.21 Å². The van der Waals surface area contributed by atoms with E-state index < -0.39 is 21.9 Å². The first kappa shape index (κ1) is 18.9. The van der Waals surface area contributed by atoms with Crippen LogP contribution in [0.25, 0.3) is 0 Å². The maximum absolute atomic E-state index is 12.1. The van der Waals surface area contributed by atoms with Crippen molar-refractivity contribution < 1.29 is 18.3 Å². The van der Waals surface area contributed by atoms with Crippen LogP contribution in [0.4, 0.5) is 0 Å². The number of halogens is 2. The predicted molar refractivity (Wildman–Crippen MR) is 87.5 cm³/mol. The van der Waals surface area contributed by atoms with Crippen molar-refractivity contribution in [3.8, 4) is 0 Å². The number of carbonyl (C=O) groups is 1. The molecule has 0 aliphatic heterocycles. The normalized spacial score (nSPS) is 14.9. The van der Waals surface area contributed by atoms with Crippen LogP contribution in [0.1, 0.15) is 33.1 Å². The van der Waals surface area contributed by atoms with Crippen LogP contribution >= 0.6 is 38.9 Å². The van der Waals surface area contributed by atoms with E-state index in [1.54, 1.807) is 13.8 Å². The van der Waals surface area contributed by atoms with Crippen molar-refractivity contribution in [3.05, 3.63) is 14.9 Å². The summed E-state index contributed by atoms with van der Waals surface area (Å²) in [7, 11) is -3.59. The lowest BCUT2D eigenvalue weighted by Gasteiger charge is -2.14. The summed E-state index contributed by atoms with van der Waals surface area (Å²) in [5.74, 6) is -1.25. The number of carboxylic acids is 1. The van der Waals surface area contributed by atoms with Gasteiger partial charge < -0.3 is 5.11 Å². The van der Waals surface area contributed by atoms with E-state index in [0.29, 0.717) is 28.1 Å². The fourth-order valence-corrected chi connectivity index (χ4v) is 5.39. The second-order valence-electron chi connectivity index (χ2n) is 4.88. The van der Waals surface area contributed by atoms with Crippen LogP contribution in [-0.4, -0.2) is 25.5 Å². The lowest BCUT2D eigenvalue weighted by atomic mass is 10.0. The average Bonchev–Trinajstić information content (AvgIpc) is 2.69. The number of carboxylic acid groups (broad SMARTS) is 1. The van der Waals surface area contributed by atoms with Gasteiger partial charge in [-0.1, -0.05) is 24.9 Å². The molecule has 0 saturated heterocycles. The molecule has 0 bridgehead atoms. The van der Waals surface area contributed by atoms with E-state index in [1.807, 2.05) is 0 Å². The third kappa shape index (κ3) is 5.86. The second kappa shape index (κ2) is 7.92. The maximum Gasteiger partial charge on any atom is 0.306 e. The van der Waals surface area contributed by atoms with Gasteiger partial charge in [-0.25, -0.2) is 13.1 Å². The first-order chi connectivity index (χ1) is 9.63. The fraction of sp³-hybridized carbons (Fsp3) is 0.583. The van der Waals surface area contributed by atoms with Crippen LogP contribution in [0.15, 0.2) is 14.1 Å². The van der Waals surface area contributed by atoms with Gasteiger partial charge in [-0.05, 0) is 41.8 Å². The predicted octanol–water partition coefficient (Wildman–Crippen LogP) is 3.72. The Bertz CT molecular complexity index is 583. The first-order valence-electron chi connectivity index (χ1n) is 6.33. The molecule has 1 aromatic rings. The van der Waals surface area contributed by atoms with Crippen molar-refractivity contribution in [1.29, 1.82) is 0 Å². The molecule has 21 heavy (non-hydrogen) atoms. The Hall–Kier alpha value is -0.150. The number of nitrogens with one attached hydrogen (secondary N) is 1. The Morgan fingerprint density at radius 3 is 2.57 bits per heavy atom. The lowest BCUT2D eigenvalue weighted by Crippen LogP contribution is -2.32. The van der Waals surface area contributed by atoms with Crippen LogP contribution in [0.3, 0.4) is 0 Å². The molecule has 2 N–H and O–H groups in total. The molecule has 0 saturated carbocycles. The van der Waals surface area contributed by atoms with E-state index in [0.717, 1.165) is 11.3 Å². The van der Waals surface area contributed by atoms with Crippen LogP contribution in [0, 0.1) is 5.92 Å². The molecule has 0 fully saturated rings. The molecule has 1 heterocycles. The van der Waals surface area contributed by atoms with Gasteiger partial charge in [0.15, 0.2) is 0 Å². The fourth-order valence-electron chi connectivity index (χ4n) is 1.69. The monoisotopic (exact) mass is 417 g/mol. The second-order valence-corrected chi connectivity index (χ2v) is 9.60. The number of thiophene rings is 1. The molecule has 5 nitrogen and oxygen atoms in total. The summed E-state index contributed by atoms with van der Waals surface area (Å²) in [6.07, 6.45) is 1.75. The van der Waals surface area contributed by atoms with Crippen molar-refractivity contribution >= 4 is 54.9 Å². The Morgan fingerprint density at radius 2 is 2.10 bits per heavy atom. The van der Waals surface area contributed by atoms with Crippen LogP contribution in [-0.2, 0) is 14.8 Å². The summed E-state index contributed by atoms with van der Waals surface area (Å²) >= 11 is 10.1. The number of sulfonamides is 1. The van der Waals surface area contributed by atoms with E-state index in [1.165, 1.54) is 6.07 Å². The first-order valence-corrected chi connectivity index (χ1v) is 9.80. The summed E-state index contributed by atoms with van der Waals surface area (Å²) in [4.78, 5) is 10.7. The van der Waals surface area contributed by atoms with Crippen LogP contribution < -0.4 is 4.72 Å². The van der Waals surface area contributed by atoms with E-state index in [4.69, 9.17) is 16.7 Å². The molecule has 0 aromatic carbocycles. The van der Waals surface area contributed by atoms with Crippen molar-refractivity contribution in [3.63, 3.8) is 0 Å². The summed E-state index contributed by atoms with van der Waals surface area (Å²) < 4.78 is 27.6. The van der Waals surface area contributed by atoms with E-state index in [-0.39, 0.29) is 10.3 Å². The molecular weight excluding hydrogens is 402 g/mol. The van der Waals surface area contributed by atoms with E-state index in [2.05, 4.69) is 20.7 Å². The standard InChI is InChI=1S/C12H17BrClNO4S2/c1-7(12(16)17)4-3-5-8(2)15-21(18,19)10-6-9(14)11(13)20-10/h6-8,15H,3-5H2,1-2H3,(H,16,17). The third-order valence-corrected chi connectivity index (χ3v) is 7.48. The van der Waals surface area contributed by atoms with Gasteiger partial charge in [0.25, 0.3) is 0 Å². The Balaban J connectivity index is 2.53. The molecule has 120 valence electrons. The van der Waals surface area contributed by atoms with Gasteiger partial charge >= 0.3 is 5.97 Å². The van der Waals surface area contributed by atoms with Gasteiger partial charge in [-0.2, -0.15) is 0 Å². The molecule has 2 unspecified atom stereocenters. The maximum atomic E-state index is 12.1. The topological polar surface area (TPSA) is 83.5 Å². The molecule has 0 aliphatic carbocycles. The largest absolute Gasteiger partial charge is 0.481 e. The minimum Gasteiger partial charge on any atom is -0.481 e. The highest BCUT2D eigenvalue weighted by molar-refractivity contribution is 9.11. The molecule has 9 heteroatoms. The Morgan fingerprint density at radius 1 is 1.48 bits per heavy atom.